The molecule has 0 spiro atoms. The molecule has 1 aliphatic rings. The van der Waals surface area contributed by atoms with E-state index in [0.717, 1.165) is 12.0 Å². The topological polar surface area (TPSA) is 46.2 Å². The van der Waals surface area contributed by atoms with Gasteiger partial charge in [0.1, 0.15) is 5.82 Å². The predicted octanol–water partition coefficient (Wildman–Crippen LogP) is 2.12. The van der Waals surface area contributed by atoms with Crippen LogP contribution < -0.4 is 5.32 Å². The van der Waals surface area contributed by atoms with E-state index in [4.69, 9.17) is 0 Å². The number of hydrogen-bond acceptors (Lipinski definition) is 3. The van der Waals surface area contributed by atoms with Crippen molar-refractivity contribution in [3.05, 3.63) is 29.6 Å². The summed E-state index contributed by atoms with van der Waals surface area (Å²) in [7, 11) is -2.96. The SMILES string of the molecule is Cc1ccc(NC2CCCS(=O)(=O)C2)c(F)c1. The minimum Gasteiger partial charge on any atom is -0.379 e. The van der Waals surface area contributed by atoms with Crippen LogP contribution in [0.25, 0.3) is 0 Å². The average Bonchev–Trinajstić information content (AvgIpc) is 2.21. The van der Waals surface area contributed by atoms with Crippen LogP contribution in [0.2, 0.25) is 0 Å². The van der Waals surface area contributed by atoms with Gasteiger partial charge in [-0.2, -0.15) is 0 Å². The highest BCUT2D eigenvalue weighted by Gasteiger charge is 2.25. The quantitative estimate of drug-likeness (QED) is 0.882. The van der Waals surface area contributed by atoms with E-state index in [1.165, 1.54) is 6.07 Å². The van der Waals surface area contributed by atoms with Crippen molar-refractivity contribution in [3.8, 4) is 0 Å². The molecule has 1 atom stereocenters. The van der Waals surface area contributed by atoms with Crippen molar-refractivity contribution in [3.63, 3.8) is 0 Å². The zero-order valence-corrected chi connectivity index (χ0v) is 10.6. The molecule has 0 bridgehead atoms. The van der Waals surface area contributed by atoms with Crippen LogP contribution in [0.4, 0.5) is 10.1 Å². The third-order valence-corrected chi connectivity index (χ3v) is 4.77. The Morgan fingerprint density at radius 3 is 2.82 bits per heavy atom. The largest absolute Gasteiger partial charge is 0.379 e. The highest BCUT2D eigenvalue weighted by atomic mass is 32.2. The monoisotopic (exact) mass is 257 g/mol. The van der Waals surface area contributed by atoms with Gasteiger partial charge in [-0.1, -0.05) is 6.07 Å². The van der Waals surface area contributed by atoms with Gasteiger partial charge >= 0.3 is 0 Å². The Balaban J connectivity index is 2.10. The number of anilines is 1. The molecule has 1 saturated heterocycles. The molecule has 1 N–H and O–H groups in total. The lowest BCUT2D eigenvalue weighted by molar-refractivity contribution is 0.559. The zero-order valence-electron chi connectivity index (χ0n) is 9.74. The van der Waals surface area contributed by atoms with E-state index >= 15 is 0 Å². The Kier molecular flexibility index (Phi) is 3.38. The second-order valence-electron chi connectivity index (χ2n) is 4.58. The number of nitrogens with one attached hydrogen (secondary N) is 1. The summed E-state index contributed by atoms with van der Waals surface area (Å²) in [4.78, 5) is 0. The summed E-state index contributed by atoms with van der Waals surface area (Å²) in [5, 5.41) is 2.98. The first-order valence-corrected chi connectivity index (χ1v) is 7.51. The maximum Gasteiger partial charge on any atom is 0.152 e. The van der Waals surface area contributed by atoms with Crippen LogP contribution in [-0.4, -0.2) is 26.0 Å². The predicted molar refractivity (Wildman–Crippen MR) is 66.4 cm³/mol. The van der Waals surface area contributed by atoms with Gasteiger partial charge in [0.2, 0.25) is 0 Å². The molecule has 3 nitrogen and oxygen atoms in total. The van der Waals surface area contributed by atoms with Crippen molar-refractivity contribution in [2.24, 2.45) is 0 Å². The van der Waals surface area contributed by atoms with Gasteiger partial charge in [0.15, 0.2) is 9.84 Å². The first kappa shape index (κ1) is 12.4. The third-order valence-electron chi connectivity index (χ3n) is 2.95. The van der Waals surface area contributed by atoms with E-state index < -0.39 is 9.84 Å². The standard InChI is InChI=1S/C12H16FNO2S/c1-9-4-5-12(11(13)7-9)14-10-3-2-6-17(15,16)8-10/h4-5,7,10,14H,2-3,6,8H2,1H3. The van der Waals surface area contributed by atoms with Crippen LogP contribution in [0.3, 0.4) is 0 Å². The Bertz CT molecular complexity index is 513. The number of benzene rings is 1. The molecule has 1 unspecified atom stereocenters. The lowest BCUT2D eigenvalue weighted by Gasteiger charge is -2.24. The summed E-state index contributed by atoms with van der Waals surface area (Å²) in [6.07, 6.45) is 1.42. The first-order chi connectivity index (χ1) is 7.96. The lowest BCUT2D eigenvalue weighted by atomic mass is 10.1. The van der Waals surface area contributed by atoms with E-state index in [2.05, 4.69) is 5.32 Å². The average molecular weight is 257 g/mol. The zero-order chi connectivity index (χ0) is 12.5. The molecule has 1 aliphatic heterocycles. The second kappa shape index (κ2) is 4.64. The van der Waals surface area contributed by atoms with Crippen molar-refractivity contribution in [2.75, 3.05) is 16.8 Å². The summed E-state index contributed by atoms with van der Waals surface area (Å²) in [5.74, 6) is 0.0231. The fourth-order valence-corrected chi connectivity index (χ4v) is 3.73. The van der Waals surface area contributed by atoms with Crippen molar-refractivity contribution in [2.45, 2.75) is 25.8 Å². The fraction of sp³-hybridized carbons (Fsp3) is 0.500. The van der Waals surface area contributed by atoms with Crippen LogP contribution >= 0.6 is 0 Å². The summed E-state index contributed by atoms with van der Waals surface area (Å²) < 4.78 is 36.5. The van der Waals surface area contributed by atoms with Crippen molar-refractivity contribution in [1.29, 1.82) is 0 Å². The molecule has 1 fully saturated rings. The smallest absolute Gasteiger partial charge is 0.152 e. The van der Waals surface area contributed by atoms with Gasteiger partial charge in [0, 0.05) is 6.04 Å². The van der Waals surface area contributed by atoms with E-state index in [9.17, 15) is 12.8 Å². The van der Waals surface area contributed by atoms with Gasteiger partial charge in [-0.15, -0.1) is 0 Å². The molecular formula is C12H16FNO2S. The van der Waals surface area contributed by atoms with E-state index in [1.54, 1.807) is 6.07 Å². The summed E-state index contributed by atoms with van der Waals surface area (Å²) in [5.41, 5.74) is 1.24. The molecule has 1 heterocycles. The van der Waals surface area contributed by atoms with Crippen LogP contribution in [-0.2, 0) is 9.84 Å². The van der Waals surface area contributed by atoms with Crippen molar-refractivity contribution in [1.82, 2.24) is 0 Å². The molecule has 0 amide bonds. The maximum atomic E-state index is 13.6. The number of hydrogen-bond donors (Lipinski definition) is 1. The van der Waals surface area contributed by atoms with Crippen LogP contribution in [0.1, 0.15) is 18.4 Å². The highest BCUT2D eigenvalue weighted by Crippen LogP contribution is 2.20. The Morgan fingerprint density at radius 2 is 2.18 bits per heavy atom. The fourth-order valence-electron chi connectivity index (χ4n) is 2.09. The Labute approximate surface area is 101 Å². The van der Waals surface area contributed by atoms with Gasteiger partial charge in [-0.3, -0.25) is 0 Å². The molecule has 0 saturated carbocycles. The first-order valence-electron chi connectivity index (χ1n) is 5.69. The van der Waals surface area contributed by atoms with E-state index in [0.29, 0.717) is 12.1 Å². The summed E-state index contributed by atoms with van der Waals surface area (Å²) >= 11 is 0. The molecule has 94 valence electrons. The minimum atomic E-state index is -2.96. The molecule has 1 aromatic rings. The van der Waals surface area contributed by atoms with Gasteiger partial charge in [0.05, 0.1) is 17.2 Å². The van der Waals surface area contributed by atoms with Crippen LogP contribution in [0.5, 0.6) is 0 Å². The normalized spacial score (nSPS) is 23.3. The van der Waals surface area contributed by atoms with Crippen molar-refractivity contribution >= 4 is 15.5 Å². The van der Waals surface area contributed by atoms with Gasteiger partial charge in [-0.25, -0.2) is 12.8 Å². The van der Waals surface area contributed by atoms with E-state index in [1.807, 2.05) is 13.0 Å². The number of halogens is 1. The molecule has 1 aromatic carbocycles. The molecule has 0 aromatic heterocycles. The molecule has 5 heteroatoms. The molecule has 0 aliphatic carbocycles. The van der Waals surface area contributed by atoms with Gasteiger partial charge in [0.25, 0.3) is 0 Å². The molecule has 2 rings (SSSR count). The highest BCUT2D eigenvalue weighted by molar-refractivity contribution is 7.91. The number of aryl methyl sites for hydroxylation is 1. The molecule has 17 heavy (non-hydrogen) atoms. The molecule has 0 radical (unpaired) electrons. The van der Waals surface area contributed by atoms with Gasteiger partial charge < -0.3 is 5.32 Å². The number of rotatable bonds is 2. The maximum absolute atomic E-state index is 13.6. The minimum absolute atomic E-state index is 0.0975. The lowest BCUT2D eigenvalue weighted by Crippen LogP contribution is -2.35. The number of sulfone groups is 1. The summed E-state index contributed by atoms with van der Waals surface area (Å²) in [6.45, 7) is 1.82. The van der Waals surface area contributed by atoms with Crippen LogP contribution in [0.15, 0.2) is 18.2 Å². The Morgan fingerprint density at radius 1 is 1.41 bits per heavy atom. The second-order valence-corrected chi connectivity index (χ2v) is 6.81. The Hall–Kier alpha value is -1.10. The van der Waals surface area contributed by atoms with Crippen LogP contribution in [0, 0.1) is 12.7 Å². The summed E-state index contributed by atoms with van der Waals surface area (Å²) in [6, 6.07) is 4.74. The third kappa shape index (κ3) is 3.19. The van der Waals surface area contributed by atoms with Crippen molar-refractivity contribution < 1.29 is 12.8 Å². The molecular weight excluding hydrogens is 241 g/mol. The van der Waals surface area contributed by atoms with E-state index in [-0.39, 0.29) is 23.4 Å². The van der Waals surface area contributed by atoms with Gasteiger partial charge in [-0.05, 0) is 37.5 Å².